The van der Waals surface area contributed by atoms with E-state index in [1.165, 1.54) is 38.5 Å². The van der Waals surface area contributed by atoms with Gasteiger partial charge in [-0.1, -0.05) is 18.6 Å². The maximum absolute atomic E-state index is 3.47. The molecule has 0 bridgehead atoms. The standard InChI is InChI=1S/C12H21N/c1-13-12-8-4-7-11(12)9-10-5-2-3-6-10/h2-3,10-13H,4-9H2,1H3. The minimum Gasteiger partial charge on any atom is -0.317 e. The smallest absolute Gasteiger partial charge is 0.00924 e. The Labute approximate surface area is 81.6 Å². The van der Waals surface area contributed by atoms with Gasteiger partial charge in [-0.2, -0.15) is 0 Å². The van der Waals surface area contributed by atoms with E-state index in [9.17, 15) is 0 Å². The second-order valence-corrected chi connectivity index (χ2v) is 4.63. The van der Waals surface area contributed by atoms with Gasteiger partial charge in [0.15, 0.2) is 0 Å². The number of allylic oxidation sites excluding steroid dienone is 2. The van der Waals surface area contributed by atoms with Crippen LogP contribution in [0.15, 0.2) is 12.2 Å². The third kappa shape index (κ3) is 2.14. The Bertz CT molecular complexity index is 178. The van der Waals surface area contributed by atoms with Gasteiger partial charge in [0.05, 0.1) is 0 Å². The minimum atomic E-state index is 0.820. The van der Waals surface area contributed by atoms with E-state index in [1.54, 1.807) is 0 Å². The third-order valence-corrected chi connectivity index (χ3v) is 3.77. The molecule has 0 saturated heterocycles. The van der Waals surface area contributed by atoms with Crippen molar-refractivity contribution in [3.8, 4) is 0 Å². The van der Waals surface area contributed by atoms with Gasteiger partial charge >= 0.3 is 0 Å². The van der Waals surface area contributed by atoms with Crippen LogP contribution in [0.2, 0.25) is 0 Å². The van der Waals surface area contributed by atoms with Crippen molar-refractivity contribution in [1.29, 1.82) is 0 Å². The van der Waals surface area contributed by atoms with Crippen LogP contribution in [0.25, 0.3) is 0 Å². The summed E-state index contributed by atoms with van der Waals surface area (Å²) in [6.07, 6.45) is 13.2. The van der Waals surface area contributed by atoms with Crippen molar-refractivity contribution in [2.75, 3.05) is 7.05 Å². The second kappa shape index (κ2) is 4.28. The number of hydrogen-bond donors (Lipinski definition) is 1. The normalized spacial score (nSPS) is 34.5. The van der Waals surface area contributed by atoms with Gasteiger partial charge in [-0.3, -0.25) is 0 Å². The highest BCUT2D eigenvalue weighted by molar-refractivity contribution is 4.96. The Kier molecular flexibility index (Phi) is 3.05. The van der Waals surface area contributed by atoms with E-state index in [2.05, 4.69) is 24.5 Å². The quantitative estimate of drug-likeness (QED) is 0.657. The van der Waals surface area contributed by atoms with Crippen LogP contribution in [0.3, 0.4) is 0 Å². The third-order valence-electron chi connectivity index (χ3n) is 3.77. The van der Waals surface area contributed by atoms with Crippen LogP contribution in [0.4, 0.5) is 0 Å². The lowest BCUT2D eigenvalue weighted by molar-refractivity contribution is 0.335. The highest BCUT2D eigenvalue weighted by Gasteiger charge is 2.28. The number of rotatable bonds is 3. The van der Waals surface area contributed by atoms with Gasteiger partial charge in [0.2, 0.25) is 0 Å². The van der Waals surface area contributed by atoms with E-state index >= 15 is 0 Å². The summed E-state index contributed by atoms with van der Waals surface area (Å²) < 4.78 is 0. The molecule has 2 atom stereocenters. The molecule has 0 radical (unpaired) electrons. The molecule has 2 aliphatic carbocycles. The molecule has 0 aromatic heterocycles. The highest BCUT2D eigenvalue weighted by Crippen LogP contribution is 2.34. The van der Waals surface area contributed by atoms with E-state index in [0.29, 0.717) is 0 Å². The molecule has 0 aromatic rings. The zero-order valence-electron chi connectivity index (χ0n) is 8.63. The zero-order chi connectivity index (χ0) is 9.10. The molecule has 13 heavy (non-hydrogen) atoms. The lowest BCUT2D eigenvalue weighted by Gasteiger charge is -2.22. The minimum absolute atomic E-state index is 0.820. The molecule has 1 heteroatoms. The van der Waals surface area contributed by atoms with Gasteiger partial charge in [0, 0.05) is 6.04 Å². The summed E-state index contributed by atoms with van der Waals surface area (Å²) in [5, 5.41) is 3.47. The molecular weight excluding hydrogens is 158 g/mol. The maximum Gasteiger partial charge on any atom is 0.00924 e. The molecule has 74 valence electrons. The first kappa shape index (κ1) is 9.26. The molecule has 0 spiro atoms. The van der Waals surface area contributed by atoms with Gasteiger partial charge in [-0.05, 0) is 51.0 Å². The molecule has 0 heterocycles. The fourth-order valence-electron chi connectivity index (χ4n) is 2.99. The van der Waals surface area contributed by atoms with Crippen LogP contribution in [-0.2, 0) is 0 Å². The summed E-state index contributed by atoms with van der Waals surface area (Å²) >= 11 is 0. The van der Waals surface area contributed by atoms with Crippen molar-refractivity contribution in [1.82, 2.24) is 5.32 Å². The monoisotopic (exact) mass is 179 g/mol. The predicted octanol–water partition coefficient (Wildman–Crippen LogP) is 2.73. The van der Waals surface area contributed by atoms with Crippen molar-refractivity contribution in [3.63, 3.8) is 0 Å². The van der Waals surface area contributed by atoms with Gasteiger partial charge in [0.25, 0.3) is 0 Å². The largest absolute Gasteiger partial charge is 0.317 e. The average molecular weight is 179 g/mol. The van der Waals surface area contributed by atoms with E-state index in [0.717, 1.165) is 17.9 Å². The predicted molar refractivity (Wildman–Crippen MR) is 56.7 cm³/mol. The Morgan fingerprint density at radius 2 is 2.00 bits per heavy atom. The Morgan fingerprint density at radius 3 is 2.69 bits per heavy atom. The van der Waals surface area contributed by atoms with E-state index in [1.807, 2.05) is 0 Å². The van der Waals surface area contributed by atoms with Crippen LogP contribution in [0.1, 0.15) is 38.5 Å². The molecule has 0 amide bonds. The lowest BCUT2D eigenvalue weighted by atomic mass is 9.89. The molecule has 1 N–H and O–H groups in total. The number of hydrogen-bond acceptors (Lipinski definition) is 1. The summed E-state index contributed by atoms with van der Waals surface area (Å²) in [6, 6.07) is 0.820. The first-order valence-corrected chi connectivity index (χ1v) is 5.72. The average Bonchev–Trinajstić information content (AvgIpc) is 2.76. The number of nitrogens with one attached hydrogen (secondary N) is 1. The molecule has 2 unspecified atom stereocenters. The summed E-state index contributed by atoms with van der Waals surface area (Å²) in [5.74, 6) is 1.94. The molecular formula is C12H21N. The summed E-state index contributed by atoms with van der Waals surface area (Å²) in [7, 11) is 2.12. The maximum atomic E-state index is 3.47. The lowest BCUT2D eigenvalue weighted by Crippen LogP contribution is -2.29. The van der Waals surface area contributed by atoms with E-state index < -0.39 is 0 Å². The molecule has 1 saturated carbocycles. The highest BCUT2D eigenvalue weighted by atomic mass is 14.9. The molecule has 0 aliphatic heterocycles. The molecule has 0 aromatic carbocycles. The fraction of sp³-hybridized carbons (Fsp3) is 0.833. The van der Waals surface area contributed by atoms with Crippen molar-refractivity contribution in [2.45, 2.75) is 44.6 Å². The van der Waals surface area contributed by atoms with E-state index in [-0.39, 0.29) is 0 Å². The first-order valence-electron chi connectivity index (χ1n) is 5.72. The van der Waals surface area contributed by atoms with Crippen LogP contribution in [0, 0.1) is 11.8 Å². The SMILES string of the molecule is CNC1CCCC1CC1CC=CC1. The van der Waals surface area contributed by atoms with E-state index in [4.69, 9.17) is 0 Å². The van der Waals surface area contributed by atoms with Gasteiger partial charge < -0.3 is 5.32 Å². The van der Waals surface area contributed by atoms with Crippen molar-refractivity contribution in [3.05, 3.63) is 12.2 Å². The van der Waals surface area contributed by atoms with Gasteiger partial charge in [-0.15, -0.1) is 0 Å². The Morgan fingerprint density at radius 1 is 1.23 bits per heavy atom. The summed E-state index contributed by atoms with van der Waals surface area (Å²) in [4.78, 5) is 0. The molecule has 2 aliphatic rings. The van der Waals surface area contributed by atoms with Crippen molar-refractivity contribution < 1.29 is 0 Å². The van der Waals surface area contributed by atoms with Crippen LogP contribution >= 0.6 is 0 Å². The van der Waals surface area contributed by atoms with Crippen LogP contribution in [-0.4, -0.2) is 13.1 Å². The van der Waals surface area contributed by atoms with Crippen molar-refractivity contribution in [2.24, 2.45) is 11.8 Å². The fourth-order valence-corrected chi connectivity index (χ4v) is 2.99. The van der Waals surface area contributed by atoms with Gasteiger partial charge in [-0.25, -0.2) is 0 Å². The summed E-state index contributed by atoms with van der Waals surface area (Å²) in [6.45, 7) is 0. The van der Waals surface area contributed by atoms with Crippen LogP contribution in [0.5, 0.6) is 0 Å². The second-order valence-electron chi connectivity index (χ2n) is 4.63. The molecule has 1 fully saturated rings. The first-order chi connectivity index (χ1) is 6.40. The molecule has 2 rings (SSSR count). The Hall–Kier alpha value is -0.300. The van der Waals surface area contributed by atoms with Gasteiger partial charge in [0.1, 0.15) is 0 Å². The van der Waals surface area contributed by atoms with Crippen LogP contribution < -0.4 is 5.32 Å². The van der Waals surface area contributed by atoms with Crippen molar-refractivity contribution >= 4 is 0 Å². The topological polar surface area (TPSA) is 12.0 Å². The summed E-state index contributed by atoms with van der Waals surface area (Å²) in [5.41, 5.74) is 0. The Balaban J connectivity index is 1.79. The zero-order valence-corrected chi connectivity index (χ0v) is 8.63. The molecule has 1 nitrogen and oxygen atoms in total.